The van der Waals surface area contributed by atoms with Crippen LogP contribution in [-0.4, -0.2) is 31.6 Å². The molecule has 3 heteroatoms. The number of hydrogen-bond acceptors (Lipinski definition) is 3. The molecule has 1 aromatic rings. The molecule has 1 saturated carbocycles. The van der Waals surface area contributed by atoms with Gasteiger partial charge in [-0.2, -0.15) is 0 Å². The number of benzene rings is 1. The number of hydrogen-bond donors (Lipinski definition) is 1. The first kappa shape index (κ1) is 12.4. The zero-order valence-corrected chi connectivity index (χ0v) is 10.7. The van der Waals surface area contributed by atoms with E-state index in [1.807, 2.05) is 12.1 Å². The van der Waals surface area contributed by atoms with Gasteiger partial charge in [0.1, 0.15) is 5.75 Å². The SMILES string of the molecule is COc1ccc(CN(C)C(CN)C2CC2)cc1. The Kier molecular flexibility index (Phi) is 4.02. The van der Waals surface area contributed by atoms with E-state index < -0.39 is 0 Å². The highest BCUT2D eigenvalue weighted by Gasteiger charge is 2.32. The first-order chi connectivity index (χ1) is 8.24. The van der Waals surface area contributed by atoms with Crippen LogP contribution in [0.2, 0.25) is 0 Å². The second-order valence-electron chi connectivity index (χ2n) is 4.90. The van der Waals surface area contributed by atoms with Crippen LogP contribution in [-0.2, 0) is 6.54 Å². The summed E-state index contributed by atoms with van der Waals surface area (Å²) in [5.74, 6) is 1.73. The van der Waals surface area contributed by atoms with Gasteiger partial charge in [-0.15, -0.1) is 0 Å². The predicted octanol–water partition coefficient (Wildman–Crippen LogP) is 1.86. The summed E-state index contributed by atoms with van der Waals surface area (Å²) in [5.41, 5.74) is 7.16. The number of ether oxygens (including phenoxy) is 1. The summed E-state index contributed by atoms with van der Waals surface area (Å²) in [6.07, 6.45) is 2.68. The van der Waals surface area contributed by atoms with Crippen molar-refractivity contribution >= 4 is 0 Å². The monoisotopic (exact) mass is 234 g/mol. The van der Waals surface area contributed by atoms with E-state index >= 15 is 0 Å². The molecule has 3 nitrogen and oxygen atoms in total. The Morgan fingerprint density at radius 3 is 2.47 bits per heavy atom. The van der Waals surface area contributed by atoms with Crippen LogP contribution in [0.25, 0.3) is 0 Å². The van der Waals surface area contributed by atoms with Gasteiger partial charge in [0, 0.05) is 19.1 Å². The number of likely N-dealkylation sites (N-methyl/N-ethyl adjacent to an activating group) is 1. The fraction of sp³-hybridized carbons (Fsp3) is 0.571. The molecule has 2 rings (SSSR count). The van der Waals surface area contributed by atoms with Crippen LogP contribution >= 0.6 is 0 Å². The van der Waals surface area contributed by atoms with Crippen LogP contribution in [0.1, 0.15) is 18.4 Å². The Morgan fingerprint density at radius 1 is 1.35 bits per heavy atom. The van der Waals surface area contributed by atoms with Gasteiger partial charge in [0.05, 0.1) is 7.11 Å². The topological polar surface area (TPSA) is 38.5 Å². The largest absolute Gasteiger partial charge is 0.497 e. The van der Waals surface area contributed by atoms with Crippen LogP contribution in [0.3, 0.4) is 0 Å². The molecule has 0 radical (unpaired) electrons. The third-order valence-electron chi connectivity index (χ3n) is 3.56. The lowest BCUT2D eigenvalue weighted by molar-refractivity contribution is 0.215. The van der Waals surface area contributed by atoms with Crippen molar-refractivity contribution in [3.63, 3.8) is 0 Å². The molecule has 2 N–H and O–H groups in total. The van der Waals surface area contributed by atoms with Crippen molar-refractivity contribution in [1.29, 1.82) is 0 Å². The van der Waals surface area contributed by atoms with Crippen LogP contribution in [0.5, 0.6) is 5.75 Å². The maximum atomic E-state index is 5.85. The molecule has 0 aliphatic heterocycles. The molecular formula is C14H22N2O. The van der Waals surface area contributed by atoms with E-state index in [1.54, 1.807) is 7.11 Å². The van der Waals surface area contributed by atoms with E-state index in [1.165, 1.54) is 18.4 Å². The van der Waals surface area contributed by atoms with Crippen molar-refractivity contribution in [2.75, 3.05) is 20.7 Å². The van der Waals surface area contributed by atoms with Crippen molar-refractivity contribution in [3.05, 3.63) is 29.8 Å². The summed E-state index contributed by atoms with van der Waals surface area (Å²) < 4.78 is 5.16. The molecule has 1 atom stereocenters. The minimum absolute atomic E-state index is 0.539. The van der Waals surface area contributed by atoms with Gasteiger partial charge < -0.3 is 10.5 Å². The summed E-state index contributed by atoms with van der Waals surface area (Å²) in [6.45, 7) is 1.72. The van der Waals surface area contributed by atoms with Crippen molar-refractivity contribution in [3.8, 4) is 5.75 Å². The summed E-state index contributed by atoms with van der Waals surface area (Å²) in [5, 5.41) is 0. The zero-order valence-electron chi connectivity index (χ0n) is 10.7. The van der Waals surface area contributed by atoms with Gasteiger partial charge >= 0.3 is 0 Å². The van der Waals surface area contributed by atoms with E-state index in [-0.39, 0.29) is 0 Å². The fourth-order valence-electron chi connectivity index (χ4n) is 2.35. The molecule has 0 bridgehead atoms. The average Bonchev–Trinajstić information content (AvgIpc) is 3.15. The molecule has 17 heavy (non-hydrogen) atoms. The van der Waals surface area contributed by atoms with E-state index in [0.717, 1.165) is 24.8 Å². The Labute approximate surface area is 104 Å². The molecule has 1 aromatic carbocycles. The minimum atomic E-state index is 0.539. The quantitative estimate of drug-likeness (QED) is 0.816. The fourth-order valence-corrected chi connectivity index (χ4v) is 2.35. The number of nitrogens with zero attached hydrogens (tertiary/aromatic N) is 1. The average molecular weight is 234 g/mol. The number of nitrogens with two attached hydrogens (primary N) is 1. The Hall–Kier alpha value is -1.06. The van der Waals surface area contributed by atoms with Crippen LogP contribution in [0, 0.1) is 5.92 Å². The lowest BCUT2D eigenvalue weighted by Crippen LogP contribution is -2.39. The standard InChI is InChI=1S/C14H22N2O/c1-16(14(9-15)12-5-6-12)10-11-3-7-13(17-2)8-4-11/h3-4,7-8,12,14H,5-6,9-10,15H2,1-2H3. The first-order valence-electron chi connectivity index (χ1n) is 6.28. The molecule has 0 saturated heterocycles. The molecule has 1 unspecified atom stereocenters. The third kappa shape index (κ3) is 3.20. The number of methoxy groups -OCH3 is 1. The van der Waals surface area contributed by atoms with Crippen molar-refractivity contribution in [1.82, 2.24) is 4.90 Å². The van der Waals surface area contributed by atoms with Crippen LogP contribution in [0.15, 0.2) is 24.3 Å². The Balaban J connectivity index is 1.93. The maximum absolute atomic E-state index is 5.85. The van der Waals surface area contributed by atoms with Crippen molar-refractivity contribution in [2.24, 2.45) is 11.7 Å². The highest BCUT2D eigenvalue weighted by molar-refractivity contribution is 5.27. The first-order valence-corrected chi connectivity index (χ1v) is 6.28. The van der Waals surface area contributed by atoms with E-state index in [0.29, 0.717) is 6.04 Å². The molecule has 94 valence electrons. The van der Waals surface area contributed by atoms with E-state index in [2.05, 4.69) is 24.1 Å². The van der Waals surface area contributed by atoms with Crippen LogP contribution in [0.4, 0.5) is 0 Å². The molecule has 0 heterocycles. The Morgan fingerprint density at radius 2 is 2.00 bits per heavy atom. The Bertz CT molecular complexity index is 346. The molecule has 1 aliphatic carbocycles. The van der Waals surface area contributed by atoms with E-state index in [4.69, 9.17) is 10.5 Å². The van der Waals surface area contributed by atoms with Gasteiger partial charge in [0.25, 0.3) is 0 Å². The zero-order chi connectivity index (χ0) is 12.3. The second kappa shape index (κ2) is 5.52. The van der Waals surface area contributed by atoms with Gasteiger partial charge in [-0.3, -0.25) is 4.90 Å². The molecular weight excluding hydrogens is 212 g/mol. The van der Waals surface area contributed by atoms with E-state index in [9.17, 15) is 0 Å². The maximum Gasteiger partial charge on any atom is 0.118 e. The second-order valence-corrected chi connectivity index (χ2v) is 4.90. The normalized spacial score (nSPS) is 17.2. The highest BCUT2D eigenvalue weighted by atomic mass is 16.5. The number of rotatable bonds is 6. The van der Waals surface area contributed by atoms with Gasteiger partial charge in [-0.25, -0.2) is 0 Å². The molecule has 0 aromatic heterocycles. The summed E-state index contributed by atoms with van der Waals surface area (Å²) in [4.78, 5) is 2.37. The smallest absolute Gasteiger partial charge is 0.118 e. The van der Waals surface area contributed by atoms with Crippen LogP contribution < -0.4 is 10.5 Å². The molecule has 1 aliphatic rings. The van der Waals surface area contributed by atoms with Gasteiger partial charge in [0.2, 0.25) is 0 Å². The van der Waals surface area contributed by atoms with Gasteiger partial charge in [-0.05, 0) is 43.5 Å². The highest BCUT2D eigenvalue weighted by Crippen LogP contribution is 2.34. The molecule has 0 spiro atoms. The third-order valence-corrected chi connectivity index (χ3v) is 3.56. The lowest BCUT2D eigenvalue weighted by atomic mass is 10.1. The van der Waals surface area contributed by atoms with Crippen molar-refractivity contribution < 1.29 is 4.74 Å². The summed E-state index contributed by atoms with van der Waals surface area (Å²) in [7, 11) is 3.86. The van der Waals surface area contributed by atoms with Crippen molar-refractivity contribution in [2.45, 2.75) is 25.4 Å². The van der Waals surface area contributed by atoms with Gasteiger partial charge in [0.15, 0.2) is 0 Å². The lowest BCUT2D eigenvalue weighted by Gasteiger charge is -2.27. The predicted molar refractivity (Wildman–Crippen MR) is 70.0 cm³/mol. The molecule has 1 fully saturated rings. The molecule has 0 amide bonds. The summed E-state index contributed by atoms with van der Waals surface area (Å²) >= 11 is 0. The van der Waals surface area contributed by atoms with Gasteiger partial charge in [-0.1, -0.05) is 12.1 Å². The minimum Gasteiger partial charge on any atom is -0.497 e. The summed E-state index contributed by atoms with van der Waals surface area (Å²) in [6, 6.07) is 8.80.